The van der Waals surface area contributed by atoms with Crippen LogP contribution in [0.25, 0.3) is 0 Å². The molecule has 4 nitrogen and oxygen atoms in total. The molecule has 92 valence electrons. The molecule has 2 atom stereocenters. The van der Waals surface area contributed by atoms with Crippen molar-refractivity contribution in [3.8, 4) is 0 Å². The Labute approximate surface area is 96.6 Å². The van der Waals surface area contributed by atoms with Gasteiger partial charge in [-0.2, -0.15) is 0 Å². The Kier molecular flexibility index (Phi) is 3.50. The van der Waals surface area contributed by atoms with Crippen LogP contribution in [0.5, 0.6) is 0 Å². The maximum absolute atomic E-state index is 11.8. The Morgan fingerprint density at radius 2 is 2.19 bits per heavy atom. The first-order valence-electron chi connectivity index (χ1n) is 6.33. The molecule has 2 saturated carbocycles. The Balaban J connectivity index is 1.72. The molecule has 0 radical (unpaired) electrons. The van der Waals surface area contributed by atoms with Gasteiger partial charge in [-0.25, -0.2) is 0 Å². The zero-order valence-electron chi connectivity index (χ0n) is 9.74. The van der Waals surface area contributed by atoms with Crippen molar-refractivity contribution < 1.29 is 9.90 Å². The van der Waals surface area contributed by atoms with Crippen LogP contribution in [-0.2, 0) is 4.79 Å². The van der Waals surface area contributed by atoms with Crippen molar-refractivity contribution in [3.63, 3.8) is 0 Å². The summed E-state index contributed by atoms with van der Waals surface area (Å²) in [6.07, 6.45) is 5.63. The van der Waals surface area contributed by atoms with Gasteiger partial charge in [-0.15, -0.1) is 0 Å². The monoisotopic (exact) mass is 226 g/mol. The lowest BCUT2D eigenvalue weighted by Crippen LogP contribution is -2.40. The standard InChI is InChI=1S/C12H22N2O2/c13-8-12(4-5-12)11(16)14-7-9-2-1-3-10(15)6-9/h9-10,15H,1-8,13H2,(H,14,16). The number of carbonyl (C=O) groups is 1. The molecule has 2 aliphatic rings. The quantitative estimate of drug-likeness (QED) is 0.649. The second-order valence-electron chi connectivity index (χ2n) is 5.38. The highest BCUT2D eigenvalue weighted by molar-refractivity contribution is 5.85. The Morgan fingerprint density at radius 1 is 1.44 bits per heavy atom. The fraction of sp³-hybridized carbons (Fsp3) is 0.917. The lowest BCUT2D eigenvalue weighted by Gasteiger charge is -2.26. The van der Waals surface area contributed by atoms with E-state index in [9.17, 15) is 9.90 Å². The van der Waals surface area contributed by atoms with Gasteiger partial charge < -0.3 is 16.2 Å². The van der Waals surface area contributed by atoms with Crippen molar-refractivity contribution in [1.29, 1.82) is 0 Å². The van der Waals surface area contributed by atoms with E-state index in [1.54, 1.807) is 0 Å². The van der Waals surface area contributed by atoms with Gasteiger partial charge in [0.05, 0.1) is 11.5 Å². The topological polar surface area (TPSA) is 75.4 Å². The van der Waals surface area contributed by atoms with Crippen LogP contribution in [0.4, 0.5) is 0 Å². The number of amides is 1. The first-order valence-corrected chi connectivity index (χ1v) is 6.33. The number of nitrogens with two attached hydrogens (primary N) is 1. The third kappa shape index (κ3) is 2.55. The van der Waals surface area contributed by atoms with Crippen molar-refractivity contribution in [2.24, 2.45) is 17.1 Å². The molecular weight excluding hydrogens is 204 g/mol. The molecule has 0 aromatic rings. The third-order valence-electron chi connectivity index (χ3n) is 4.03. The zero-order valence-corrected chi connectivity index (χ0v) is 9.74. The molecule has 2 unspecified atom stereocenters. The van der Waals surface area contributed by atoms with E-state index in [2.05, 4.69) is 5.32 Å². The maximum Gasteiger partial charge on any atom is 0.227 e. The van der Waals surface area contributed by atoms with Crippen LogP contribution < -0.4 is 11.1 Å². The van der Waals surface area contributed by atoms with E-state index >= 15 is 0 Å². The SMILES string of the molecule is NCC1(C(=O)NCC2CCCC(O)C2)CC1. The minimum atomic E-state index is -0.243. The minimum Gasteiger partial charge on any atom is -0.393 e. The normalized spacial score (nSPS) is 32.1. The molecule has 1 amide bonds. The number of hydrogen-bond acceptors (Lipinski definition) is 3. The van der Waals surface area contributed by atoms with Gasteiger partial charge in [-0.1, -0.05) is 6.42 Å². The van der Waals surface area contributed by atoms with Crippen molar-refractivity contribution in [2.45, 2.75) is 44.6 Å². The zero-order chi connectivity index (χ0) is 11.6. The van der Waals surface area contributed by atoms with Crippen LogP contribution >= 0.6 is 0 Å². The molecule has 0 bridgehead atoms. The molecule has 0 saturated heterocycles. The van der Waals surface area contributed by atoms with Crippen molar-refractivity contribution >= 4 is 5.91 Å². The largest absolute Gasteiger partial charge is 0.393 e. The summed E-state index contributed by atoms with van der Waals surface area (Å²) < 4.78 is 0. The lowest BCUT2D eigenvalue weighted by molar-refractivity contribution is -0.126. The van der Waals surface area contributed by atoms with Crippen molar-refractivity contribution in [2.75, 3.05) is 13.1 Å². The van der Waals surface area contributed by atoms with Crippen LogP contribution in [0, 0.1) is 11.3 Å². The highest BCUT2D eigenvalue weighted by Gasteiger charge is 2.48. The number of aliphatic hydroxyl groups excluding tert-OH is 1. The van der Waals surface area contributed by atoms with Crippen molar-refractivity contribution in [3.05, 3.63) is 0 Å². The van der Waals surface area contributed by atoms with Crippen LogP contribution in [-0.4, -0.2) is 30.2 Å². The molecule has 2 fully saturated rings. The van der Waals surface area contributed by atoms with Gasteiger partial charge in [-0.05, 0) is 38.0 Å². The number of rotatable bonds is 4. The molecular formula is C12H22N2O2. The molecule has 0 aliphatic heterocycles. The third-order valence-corrected chi connectivity index (χ3v) is 4.03. The van der Waals surface area contributed by atoms with Gasteiger partial charge in [0.2, 0.25) is 5.91 Å². The second-order valence-corrected chi connectivity index (χ2v) is 5.38. The minimum absolute atomic E-state index is 0.120. The van der Waals surface area contributed by atoms with E-state index in [4.69, 9.17) is 5.73 Å². The van der Waals surface area contributed by atoms with Crippen LogP contribution in [0.2, 0.25) is 0 Å². The molecule has 4 N–H and O–H groups in total. The van der Waals surface area contributed by atoms with Gasteiger partial charge in [0.1, 0.15) is 0 Å². The summed E-state index contributed by atoms with van der Waals surface area (Å²) in [5.41, 5.74) is 5.36. The molecule has 0 spiro atoms. The summed E-state index contributed by atoms with van der Waals surface area (Å²) in [6.45, 7) is 1.17. The highest BCUT2D eigenvalue weighted by atomic mass is 16.3. The van der Waals surface area contributed by atoms with Crippen LogP contribution in [0.1, 0.15) is 38.5 Å². The molecule has 16 heavy (non-hydrogen) atoms. The van der Waals surface area contributed by atoms with E-state index in [1.165, 1.54) is 0 Å². The summed E-state index contributed by atoms with van der Waals surface area (Å²) in [4.78, 5) is 11.8. The van der Waals surface area contributed by atoms with Crippen molar-refractivity contribution in [1.82, 2.24) is 5.32 Å². The van der Waals surface area contributed by atoms with Gasteiger partial charge in [0, 0.05) is 13.1 Å². The van der Waals surface area contributed by atoms with E-state index in [0.29, 0.717) is 19.0 Å². The Hall–Kier alpha value is -0.610. The second kappa shape index (κ2) is 4.72. The summed E-state index contributed by atoms with van der Waals surface area (Å²) >= 11 is 0. The van der Waals surface area contributed by atoms with Gasteiger partial charge in [-0.3, -0.25) is 4.79 Å². The smallest absolute Gasteiger partial charge is 0.227 e. The van der Waals surface area contributed by atoms with Gasteiger partial charge in [0.25, 0.3) is 0 Å². The molecule has 0 aromatic carbocycles. The summed E-state index contributed by atoms with van der Waals surface area (Å²) in [5.74, 6) is 0.566. The summed E-state index contributed by atoms with van der Waals surface area (Å²) in [5, 5.41) is 12.5. The van der Waals surface area contributed by atoms with Gasteiger partial charge in [0.15, 0.2) is 0 Å². The molecule has 4 heteroatoms. The maximum atomic E-state index is 11.8. The fourth-order valence-corrected chi connectivity index (χ4v) is 2.55. The molecule has 2 rings (SSSR count). The van der Waals surface area contributed by atoms with Gasteiger partial charge >= 0.3 is 0 Å². The fourth-order valence-electron chi connectivity index (χ4n) is 2.55. The first-order chi connectivity index (χ1) is 7.66. The van der Waals surface area contributed by atoms with E-state index in [0.717, 1.165) is 38.5 Å². The molecule has 0 heterocycles. The van der Waals surface area contributed by atoms with E-state index in [1.807, 2.05) is 0 Å². The van der Waals surface area contributed by atoms with E-state index < -0.39 is 0 Å². The molecule has 2 aliphatic carbocycles. The number of aliphatic hydroxyl groups is 1. The Bertz CT molecular complexity index is 264. The first kappa shape index (κ1) is 11.9. The predicted octanol–water partition coefficient (Wildman–Crippen LogP) is 0.393. The summed E-state index contributed by atoms with van der Waals surface area (Å²) in [7, 11) is 0. The number of hydrogen-bond donors (Lipinski definition) is 3. The van der Waals surface area contributed by atoms with E-state index in [-0.39, 0.29) is 17.4 Å². The molecule has 0 aromatic heterocycles. The van der Waals surface area contributed by atoms with Crippen LogP contribution in [0.15, 0.2) is 0 Å². The average Bonchev–Trinajstić information content (AvgIpc) is 3.07. The highest BCUT2D eigenvalue weighted by Crippen LogP contribution is 2.44. The number of carbonyl (C=O) groups excluding carboxylic acids is 1. The summed E-state index contributed by atoms with van der Waals surface area (Å²) in [6, 6.07) is 0. The Morgan fingerprint density at radius 3 is 2.75 bits per heavy atom. The average molecular weight is 226 g/mol. The van der Waals surface area contributed by atoms with Crippen LogP contribution in [0.3, 0.4) is 0 Å². The predicted molar refractivity (Wildman–Crippen MR) is 61.7 cm³/mol. The lowest BCUT2D eigenvalue weighted by atomic mass is 9.87. The number of nitrogens with one attached hydrogen (secondary N) is 1.